The van der Waals surface area contributed by atoms with Crippen LogP contribution in [0.1, 0.15) is 19.8 Å². The summed E-state index contributed by atoms with van der Waals surface area (Å²) in [5.41, 5.74) is 5.93. The number of carbonyl (C=O) groups excluding carboxylic acids is 1. The Morgan fingerprint density at radius 3 is 3.00 bits per heavy atom. The SMILES string of the molecule is C[C@H]1OCCN[C@@H]1C(=O)NCC(N)C1CC1. The van der Waals surface area contributed by atoms with E-state index in [4.69, 9.17) is 10.5 Å². The molecule has 2 rings (SSSR count). The minimum atomic E-state index is -0.236. The smallest absolute Gasteiger partial charge is 0.239 e. The second-order valence-electron chi connectivity index (χ2n) is 4.75. The van der Waals surface area contributed by atoms with Gasteiger partial charge in [-0.25, -0.2) is 0 Å². The Kier molecular flexibility index (Phi) is 3.78. The fraction of sp³-hybridized carbons (Fsp3) is 0.909. The highest BCUT2D eigenvalue weighted by Crippen LogP contribution is 2.31. The standard InChI is InChI=1S/C11H21N3O2/c1-7-10(13-4-5-16-7)11(15)14-6-9(12)8-2-3-8/h7-10,13H,2-6,12H2,1H3,(H,14,15)/t7-,9?,10+/m1/s1. The van der Waals surface area contributed by atoms with Crippen LogP contribution in [0.5, 0.6) is 0 Å². The Balaban J connectivity index is 1.73. The molecule has 1 aliphatic carbocycles. The quantitative estimate of drug-likeness (QED) is 0.589. The minimum absolute atomic E-state index is 0.00306. The van der Waals surface area contributed by atoms with Crippen LogP contribution in [-0.4, -0.2) is 43.8 Å². The first-order valence-corrected chi connectivity index (χ1v) is 6.07. The van der Waals surface area contributed by atoms with E-state index in [1.54, 1.807) is 0 Å². The molecule has 16 heavy (non-hydrogen) atoms. The molecule has 0 radical (unpaired) electrons. The summed E-state index contributed by atoms with van der Waals surface area (Å²) >= 11 is 0. The highest BCUT2D eigenvalue weighted by Gasteiger charge is 2.31. The van der Waals surface area contributed by atoms with Crippen molar-refractivity contribution in [2.24, 2.45) is 11.7 Å². The fourth-order valence-corrected chi connectivity index (χ4v) is 2.05. The molecule has 1 unspecified atom stereocenters. The van der Waals surface area contributed by atoms with Crippen molar-refractivity contribution in [3.8, 4) is 0 Å². The zero-order valence-corrected chi connectivity index (χ0v) is 9.74. The molecule has 3 atom stereocenters. The maximum Gasteiger partial charge on any atom is 0.239 e. The van der Waals surface area contributed by atoms with Gasteiger partial charge in [-0.15, -0.1) is 0 Å². The van der Waals surface area contributed by atoms with Gasteiger partial charge >= 0.3 is 0 Å². The molecule has 0 spiro atoms. The average molecular weight is 227 g/mol. The van der Waals surface area contributed by atoms with Gasteiger partial charge in [-0.2, -0.15) is 0 Å². The molecule has 1 aliphatic heterocycles. The monoisotopic (exact) mass is 227 g/mol. The topological polar surface area (TPSA) is 76.4 Å². The van der Waals surface area contributed by atoms with Gasteiger partial charge in [-0.05, 0) is 25.7 Å². The normalized spacial score (nSPS) is 32.1. The number of rotatable bonds is 4. The van der Waals surface area contributed by atoms with Gasteiger partial charge in [-0.1, -0.05) is 0 Å². The largest absolute Gasteiger partial charge is 0.375 e. The van der Waals surface area contributed by atoms with Crippen LogP contribution in [0.15, 0.2) is 0 Å². The molecule has 92 valence electrons. The van der Waals surface area contributed by atoms with Crippen molar-refractivity contribution in [1.82, 2.24) is 10.6 Å². The molecule has 0 aromatic carbocycles. The molecule has 0 aromatic heterocycles. The van der Waals surface area contributed by atoms with Crippen molar-refractivity contribution in [3.05, 3.63) is 0 Å². The van der Waals surface area contributed by atoms with Crippen molar-refractivity contribution in [3.63, 3.8) is 0 Å². The third-order valence-electron chi connectivity index (χ3n) is 3.34. The Morgan fingerprint density at radius 1 is 1.62 bits per heavy atom. The van der Waals surface area contributed by atoms with E-state index in [9.17, 15) is 4.79 Å². The number of morpholine rings is 1. The molecule has 5 heteroatoms. The zero-order valence-electron chi connectivity index (χ0n) is 9.74. The third-order valence-corrected chi connectivity index (χ3v) is 3.34. The van der Waals surface area contributed by atoms with E-state index >= 15 is 0 Å². The van der Waals surface area contributed by atoms with E-state index < -0.39 is 0 Å². The molecule has 5 nitrogen and oxygen atoms in total. The lowest BCUT2D eigenvalue weighted by atomic mass is 10.1. The second-order valence-corrected chi connectivity index (χ2v) is 4.75. The van der Waals surface area contributed by atoms with Crippen LogP contribution in [0, 0.1) is 5.92 Å². The van der Waals surface area contributed by atoms with Crippen molar-refractivity contribution in [2.45, 2.75) is 38.0 Å². The maximum atomic E-state index is 11.8. The van der Waals surface area contributed by atoms with E-state index in [0.717, 1.165) is 6.54 Å². The summed E-state index contributed by atoms with van der Waals surface area (Å²) in [7, 11) is 0. The van der Waals surface area contributed by atoms with Gasteiger partial charge in [0.1, 0.15) is 6.04 Å². The number of ether oxygens (including phenoxy) is 1. The predicted octanol–water partition coefficient (Wildman–Crippen LogP) is -0.783. The summed E-state index contributed by atoms with van der Waals surface area (Å²) in [5, 5.41) is 6.06. The molecular weight excluding hydrogens is 206 g/mol. The maximum absolute atomic E-state index is 11.8. The Morgan fingerprint density at radius 2 is 2.38 bits per heavy atom. The molecule has 2 fully saturated rings. The summed E-state index contributed by atoms with van der Waals surface area (Å²) in [6.45, 7) is 3.90. The highest BCUT2D eigenvalue weighted by atomic mass is 16.5. The molecule has 1 amide bonds. The van der Waals surface area contributed by atoms with Crippen LogP contribution in [0.25, 0.3) is 0 Å². The highest BCUT2D eigenvalue weighted by molar-refractivity contribution is 5.82. The van der Waals surface area contributed by atoms with Gasteiger partial charge in [0.15, 0.2) is 0 Å². The van der Waals surface area contributed by atoms with Gasteiger partial charge in [0.2, 0.25) is 5.91 Å². The first-order chi connectivity index (χ1) is 7.68. The lowest BCUT2D eigenvalue weighted by Gasteiger charge is -2.29. The van der Waals surface area contributed by atoms with Crippen molar-refractivity contribution >= 4 is 5.91 Å². The van der Waals surface area contributed by atoms with Gasteiger partial charge in [0.25, 0.3) is 0 Å². The van der Waals surface area contributed by atoms with Crippen LogP contribution in [0.2, 0.25) is 0 Å². The van der Waals surface area contributed by atoms with Crippen LogP contribution in [0.4, 0.5) is 0 Å². The Bertz CT molecular complexity index is 256. The number of nitrogens with one attached hydrogen (secondary N) is 2. The molecule has 1 saturated carbocycles. The number of amides is 1. The van der Waals surface area contributed by atoms with E-state index in [1.165, 1.54) is 12.8 Å². The van der Waals surface area contributed by atoms with Gasteiger partial charge in [-0.3, -0.25) is 4.79 Å². The lowest BCUT2D eigenvalue weighted by molar-refractivity contribution is -0.129. The fourth-order valence-electron chi connectivity index (χ4n) is 2.05. The van der Waals surface area contributed by atoms with Gasteiger partial charge in [0, 0.05) is 19.1 Å². The van der Waals surface area contributed by atoms with Gasteiger partial charge in [0.05, 0.1) is 12.7 Å². The summed E-state index contributed by atoms with van der Waals surface area (Å²) < 4.78 is 5.42. The number of hydrogen-bond donors (Lipinski definition) is 3. The van der Waals surface area contributed by atoms with Crippen LogP contribution >= 0.6 is 0 Å². The molecular formula is C11H21N3O2. The first-order valence-electron chi connectivity index (χ1n) is 6.07. The zero-order chi connectivity index (χ0) is 11.5. The van der Waals surface area contributed by atoms with Crippen LogP contribution in [-0.2, 0) is 9.53 Å². The van der Waals surface area contributed by atoms with Crippen LogP contribution in [0.3, 0.4) is 0 Å². The van der Waals surface area contributed by atoms with E-state index in [-0.39, 0.29) is 24.1 Å². The predicted molar refractivity (Wildman–Crippen MR) is 60.9 cm³/mol. The molecule has 2 aliphatic rings. The molecule has 0 aromatic rings. The second kappa shape index (κ2) is 5.12. The Hall–Kier alpha value is -0.650. The molecule has 1 heterocycles. The van der Waals surface area contributed by atoms with Crippen LogP contribution < -0.4 is 16.4 Å². The van der Waals surface area contributed by atoms with E-state index in [2.05, 4.69) is 10.6 Å². The first kappa shape index (κ1) is 11.8. The third kappa shape index (κ3) is 2.93. The number of hydrogen-bond acceptors (Lipinski definition) is 4. The number of carbonyl (C=O) groups is 1. The van der Waals surface area contributed by atoms with Gasteiger partial charge < -0.3 is 21.1 Å². The number of nitrogens with two attached hydrogens (primary N) is 1. The molecule has 0 bridgehead atoms. The van der Waals surface area contributed by atoms with Crippen molar-refractivity contribution < 1.29 is 9.53 Å². The average Bonchev–Trinajstić information content (AvgIpc) is 3.10. The summed E-state index contributed by atoms with van der Waals surface area (Å²) in [6, 6.07) is -0.121. The summed E-state index contributed by atoms with van der Waals surface area (Å²) in [5.74, 6) is 0.622. The summed E-state index contributed by atoms with van der Waals surface area (Å²) in [6.07, 6.45) is 2.35. The molecule has 1 saturated heterocycles. The molecule has 4 N–H and O–H groups in total. The lowest BCUT2D eigenvalue weighted by Crippen LogP contribution is -2.56. The van der Waals surface area contributed by atoms with Crippen molar-refractivity contribution in [1.29, 1.82) is 0 Å². The summed E-state index contributed by atoms with van der Waals surface area (Å²) in [4.78, 5) is 11.8. The Labute approximate surface area is 96.1 Å². The van der Waals surface area contributed by atoms with E-state index in [1.807, 2.05) is 6.92 Å². The van der Waals surface area contributed by atoms with E-state index in [0.29, 0.717) is 19.1 Å². The van der Waals surface area contributed by atoms with Crippen molar-refractivity contribution in [2.75, 3.05) is 19.7 Å². The minimum Gasteiger partial charge on any atom is -0.375 e.